The van der Waals surface area contributed by atoms with E-state index in [1.54, 1.807) is 0 Å². The molecule has 3 saturated heterocycles. The minimum Gasteiger partial charge on any atom is -0.387 e. The van der Waals surface area contributed by atoms with Gasteiger partial charge in [-0.1, -0.05) is 18.8 Å². The average molecular weight is 1600 g/mol. The molecule has 6 rings (SSSR count). The van der Waals surface area contributed by atoms with Crippen LogP contribution in [0.2, 0.25) is 0 Å². The molecule has 4 aliphatic rings. The van der Waals surface area contributed by atoms with Gasteiger partial charge in [0.1, 0.15) is 47.1 Å². The van der Waals surface area contributed by atoms with Crippen LogP contribution in [0, 0.1) is 25.8 Å². The summed E-state index contributed by atoms with van der Waals surface area (Å²) in [5, 5.41) is 30.4. The first kappa shape index (κ1) is 83.4. The molecule has 0 aromatic carbocycles. The van der Waals surface area contributed by atoms with E-state index in [4.69, 9.17) is 88.4 Å². The largest absolute Gasteiger partial charge is 0.490 e. The van der Waals surface area contributed by atoms with Crippen LogP contribution in [-0.2, 0) is 94.7 Å². The third-order valence-corrected chi connectivity index (χ3v) is 23.6. The van der Waals surface area contributed by atoms with Gasteiger partial charge in [0.25, 0.3) is 5.56 Å². The second-order valence-electron chi connectivity index (χ2n) is 18.6. The summed E-state index contributed by atoms with van der Waals surface area (Å²) < 4.78 is 237. The monoisotopic (exact) mass is 1600 g/mol. The normalized spacial score (nSPS) is 31.6. The summed E-state index contributed by atoms with van der Waals surface area (Å²) in [4.78, 5) is 126. The van der Waals surface area contributed by atoms with E-state index >= 15 is 13.2 Å². The number of alkyl halides is 3. The van der Waals surface area contributed by atoms with Crippen molar-refractivity contribution in [3.05, 3.63) is 73.0 Å². The summed E-state index contributed by atoms with van der Waals surface area (Å²) in [7, 11) is -50.7. The maximum Gasteiger partial charge on any atom is 0.490 e. The Morgan fingerprint density at radius 1 is 0.548 bits per heavy atom. The number of phosphoric ester groups is 3. The molecule has 0 bridgehead atoms. The molecule has 62 heteroatoms. The number of ether oxygens (including phenoxy) is 3. The number of phosphoric acid groups is 9. The van der Waals surface area contributed by atoms with Gasteiger partial charge in [-0.15, -0.1) is 0 Å². The Morgan fingerprint density at radius 2 is 0.849 bits per heavy atom. The van der Waals surface area contributed by atoms with E-state index in [-0.39, 0.29) is 15.2 Å². The number of H-pyrrole nitrogens is 2. The number of amidine groups is 1. The number of hydrogen-bond acceptors (Lipinski definition) is 31. The quantitative estimate of drug-likeness (QED) is 0.0407. The highest BCUT2D eigenvalue weighted by Gasteiger charge is 2.59. The maximum atomic E-state index is 15.1. The minimum atomic E-state index is -5.79. The van der Waals surface area contributed by atoms with Crippen molar-refractivity contribution >= 4 is 113 Å². The molecule has 93 heavy (non-hydrogen) atoms. The van der Waals surface area contributed by atoms with Crippen LogP contribution in [0.15, 0.2) is 46.6 Å². The van der Waals surface area contributed by atoms with Gasteiger partial charge in [0.2, 0.25) is 5.82 Å². The van der Waals surface area contributed by atoms with Crippen LogP contribution >= 0.6 is 107 Å². The van der Waals surface area contributed by atoms with Gasteiger partial charge in [-0.25, -0.2) is 68.0 Å². The molecule has 2 aromatic heterocycles. The van der Waals surface area contributed by atoms with Crippen LogP contribution in [0.1, 0.15) is 33.2 Å². The third-order valence-electron chi connectivity index (χ3n) is 11.3. The van der Waals surface area contributed by atoms with Crippen molar-refractivity contribution in [2.24, 2.45) is 10.7 Å². The molecule has 18 atom stereocenters. The first-order valence-electron chi connectivity index (χ1n) is 23.2. The number of rotatable bonds is 24. The predicted octanol–water partition coefficient (Wildman–Crippen LogP) is 2.22. The lowest BCUT2D eigenvalue weighted by atomic mass is 9.98. The highest BCUT2D eigenvalue weighted by atomic mass is 32.1. The summed E-state index contributed by atoms with van der Waals surface area (Å²) >= 11 is 14.3. The Bertz CT molecular complexity index is 3770. The van der Waals surface area contributed by atoms with Crippen molar-refractivity contribution in [1.29, 1.82) is 0 Å². The van der Waals surface area contributed by atoms with Crippen LogP contribution in [0.4, 0.5) is 26.3 Å². The van der Waals surface area contributed by atoms with Crippen molar-refractivity contribution in [2.75, 3.05) is 19.8 Å². The lowest BCUT2D eigenvalue weighted by Gasteiger charge is -2.34. The van der Waals surface area contributed by atoms with E-state index in [0.717, 1.165) is 30.2 Å². The molecule has 0 radical (unpaired) electrons. The van der Waals surface area contributed by atoms with Gasteiger partial charge in [-0.05, 0) is 45.2 Å². The van der Waals surface area contributed by atoms with Gasteiger partial charge in [0, 0.05) is 12.4 Å². The number of aliphatic hydroxyl groups is 3. The summed E-state index contributed by atoms with van der Waals surface area (Å²) in [6.07, 6.45) is -14.8. The Morgan fingerprint density at radius 3 is 1.18 bits per heavy atom. The molecular weight excluding hydrogens is 1550 g/mol. The van der Waals surface area contributed by atoms with Gasteiger partial charge in [-0.2, -0.15) is 30.3 Å². The molecule has 4 aliphatic heterocycles. The number of aromatic amines is 2. The van der Waals surface area contributed by atoms with Crippen molar-refractivity contribution in [2.45, 2.75) is 93.1 Å². The number of nitrogens with one attached hydrogen (secondary N) is 2. The Hall–Kier alpha value is -2.06. The smallest absolute Gasteiger partial charge is 0.387 e. The van der Waals surface area contributed by atoms with E-state index in [2.05, 4.69) is 68.2 Å². The zero-order valence-electron chi connectivity index (χ0n) is 45.3. The second-order valence-corrected chi connectivity index (χ2v) is 33.1. The molecule has 0 aliphatic carbocycles. The Labute approximate surface area is 526 Å². The van der Waals surface area contributed by atoms with Crippen LogP contribution in [0.5, 0.6) is 0 Å². The number of nitrogens with two attached hydrogens (primary N) is 1. The molecule has 44 nitrogen and oxygen atoms in total. The Balaban J connectivity index is 0.000000297. The van der Waals surface area contributed by atoms with Crippen molar-refractivity contribution < 1.29 is 195 Å². The molecule has 534 valence electrons. The van der Waals surface area contributed by atoms with Gasteiger partial charge in [-0.3, -0.25) is 32.5 Å². The van der Waals surface area contributed by atoms with Gasteiger partial charge in [0.05, 0.1) is 26.0 Å². The SMILES string of the molecule is C=C1N=C(N)C(F)=CN1[C@@H]1O[C@H](COP(=O)(O)OP(=O)(O)OP(=O)(O)O)[C@H](O)C1(C)F.CC1(F)[C@@H](O)[C@@H](COP(=O)(O)OP(=O)(O)OP(=O)(O)O)O[C@H]1n1cc(F)c(=O)[nH]c1=S.CC1(F)[C@@H](O)[C@@H](COP(=O)(O)OP(=O)(O)OP(=O)(O)O)O[C@H]1n1cc(F)c(=S)[nH]c1=S. The van der Waals surface area contributed by atoms with Gasteiger partial charge < -0.3 is 104 Å². The second kappa shape index (κ2) is 30.0. The molecule has 0 saturated carbocycles. The van der Waals surface area contributed by atoms with Crippen molar-refractivity contribution in [1.82, 2.24) is 24.0 Å². The van der Waals surface area contributed by atoms with Crippen LogP contribution in [0.25, 0.3) is 0 Å². The molecule has 0 spiro atoms. The predicted molar refractivity (Wildman–Crippen MR) is 291 cm³/mol. The minimum absolute atomic E-state index is 0.256. The van der Waals surface area contributed by atoms with Gasteiger partial charge in [0.15, 0.2) is 62.7 Å². The number of halogens is 6. The van der Waals surface area contributed by atoms with Crippen LogP contribution in [0.3, 0.4) is 0 Å². The molecule has 3 fully saturated rings. The van der Waals surface area contributed by atoms with E-state index in [1.165, 1.54) is 0 Å². The van der Waals surface area contributed by atoms with Crippen molar-refractivity contribution in [3.63, 3.8) is 0 Å². The first-order chi connectivity index (χ1) is 41.5. The Kier molecular flexibility index (Phi) is 26.9. The number of aliphatic hydroxyl groups excluding tert-OH is 3. The number of aliphatic imine (C=N–C) groups is 1. The van der Waals surface area contributed by atoms with E-state index in [9.17, 15) is 89.1 Å². The van der Waals surface area contributed by atoms with E-state index in [0.29, 0.717) is 23.2 Å². The van der Waals surface area contributed by atoms with Crippen LogP contribution < -0.4 is 11.3 Å². The fourth-order valence-corrected chi connectivity index (χ4v) is 17.2. The number of aromatic nitrogens is 4. The lowest BCUT2D eigenvalue weighted by Crippen LogP contribution is -2.48. The fraction of sp³-hybridized carbons (Fsp3) is 0.581. The summed E-state index contributed by atoms with van der Waals surface area (Å²) in [6, 6.07) is 0. The van der Waals surface area contributed by atoms with E-state index < -0.39 is 196 Å². The average Bonchev–Trinajstić information content (AvgIpc) is 1.64. The summed E-state index contributed by atoms with van der Waals surface area (Å²) in [5.74, 6) is -4.20. The molecule has 6 heterocycles. The zero-order chi connectivity index (χ0) is 72.0. The lowest BCUT2D eigenvalue weighted by molar-refractivity contribution is -0.0765. The van der Waals surface area contributed by atoms with Crippen molar-refractivity contribution in [3.8, 4) is 0 Å². The highest BCUT2D eigenvalue weighted by Crippen LogP contribution is 2.69. The molecule has 0 amide bonds. The maximum absolute atomic E-state index is 15.1. The molecule has 19 N–H and O–H groups in total. The third kappa shape index (κ3) is 23.5. The standard InChI is InChI=1S/C11H18F2N3O12P3.C10H15F2N2O13P3S.C10H15F2N2O12P3S2/c1-5-15-9(14)6(12)3-16(5)10-11(2,13)8(17)7(26-10)4-25-30(21,22)28-31(23,24)27-29(18,19)20;1-10(12)6(15)5(25-8(10)14-2-4(11)7(16)13-9(14)31)3-24-29(20,21)27-30(22,23)26-28(17,18)19;1-10(12)6(15)5(24-8(10)14-2-4(11)7(30)13-9(14)31)3-23-28(19,20)26-29(21,22)25-27(16,17)18/h3,7-8,10,17H,1,4H2,2H3,(H2,14,15)(H,21,22)(H,23,24)(H2,18,19,20);2,5-6,8,15H,3H2,1H3,(H,20,21)(H,22,23)(H,13,16,31)(H2,17,18,19);2,5-6,8,15H,3H2,1H3,(H,19,20)(H,21,22)(H,13,30,31)(H2,16,17,18)/t7-,8+,10-,11?;2*5-,6+,8-,10?/m111/s1. The number of nitrogens with zero attached hydrogens (tertiary/aromatic N) is 4. The summed E-state index contributed by atoms with van der Waals surface area (Å²) in [5.41, 5.74) is -3.94. The molecular formula is C31H48F6N7O37P9S3. The molecule has 9 unspecified atom stereocenters. The highest BCUT2D eigenvalue weighted by molar-refractivity contribution is 7.72. The molecule has 2 aromatic rings. The topological polar surface area (TPSA) is 668 Å². The van der Waals surface area contributed by atoms with E-state index in [1.807, 2.05) is 4.98 Å². The first-order valence-corrected chi connectivity index (χ1v) is 38.0. The van der Waals surface area contributed by atoms with Gasteiger partial charge >= 0.3 is 70.4 Å². The van der Waals surface area contributed by atoms with Crippen LogP contribution in [-0.4, -0.2) is 184 Å². The zero-order valence-corrected chi connectivity index (χ0v) is 55.8. The number of hydrogen-bond donors (Lipinski definition) is 18. The summed E-state index contributed by atoms with van der Waals surface area (Å²) in [6.45, 7) is 2.54. The fourth-order valence-electron chi connectivity index (χ4n) is 7.45.